The molecule has 0 amide bonds. The molecule has 0 saturated heterocycles. The zero-order valence-electron chi connectivity index (χ0n) is 12.1. The summed E-state index contributed by atoms with van der Waals surface area (Å²) in [6, 6.07) is 0.829. The Labute approximate surface area is 116 Å². The topological polar surface area (TPSA) is 29.9 Å². The van der Waals surface area contributed by atoms with Crippen molar-refractivity contribution in [2.45, 2.75) is 70.4 Å². The van der Waals surface area contributed by atoms with Crippen LogP contribution in [0.1, 0.15) is 63.6 Å². The first-order valence-electron chi connectivity index (χ1n) is 8.13. The maximum atomic E-state index is 4.68. The third kappa shape index (κ3) is 3.19. The van der Waals surface area contributed by atoms with Gasteiger partial charge in [-0.15, -0.1) is 0 Å². The number of nitrogens with one attached hydrogen (secondary N) is 1. The second-order valence-corrected chi connectivity index (χ2v) is 6.26. The Hall–Kier alpha value is -0.830. The molecule has 0 bridgehead atoms. The Morgan fingerprint density at radius 2 is 2.05 bits per heavy atom. The van der Waals surface area contributed by atoms with E-state index in [-0.39, 0.29) is 0 Å². The van der Waals surface area contributed by atoms with Crippen molar-refractivity contribution in [1.82, 2.24) is 14.9 Å². The van der Waals surface area contributed by atoms with Crippen LogP contribution in [-0.4, -0.2) is 22.1 Å². The molecule has 0 aliphatic heterocycles. The van der Waals surface area contributed by atoms with Gasteiger partial charge in [0.15, 0.2) is 0 Å². The van der Waals surface area contributed by atoms with Crippen LogP contribution in [-0.2, 0) is 6.54 Å². The monoisotopic (exact) mass is 261 g/mol. The van der Waals surface area contributed by atoms with Gasteiger partial charge in [-0.1, -0.05) is 19.3 Å². The zero-order chi connectivity index (χ0) is 13.1. The summed E-state index contributed by atoms with van der Waals surface area (Å²) in [6.45, 7) is 4.47. The van der Waals surface area contributed by atoms with Crippen molar-refractivity contribution in [3.63, 3.8) is 0 Å². The predicted molar refractivity (Wildman–Crippen MR) is 78.2 cm³/mol. The normalized spacial score (nSPS) is 28.3. The van der Waals surface area contributed by atoms with E-state index in [0.29, 0.717) is 5.92 Å². The highest BCUT2D eigenvalue weighted by molar-refractivity contribution is 5.04. The van der Waals surface area contributed by atoms with Crippen molar-refractivity contribution in [3.05, 3.63) is 18.2 Å². The minimum absolute atomic E-state index is 0.670. The van der Waals surface area contributed by atoms with E-state index in [2.05, 4.69) is 28.0 Å². The number of rotatable bonds is 5. The quantitative estimate of drug-likeness (QED) is 0.824. The van der Waals surface area contributed by atoms with Gasteiger partial charge in [-0.25, -0.2) is 4.98 Å². The largest absolute Gasteiger partial charge is 0.335 e. The molecule has 3 rings (SSSR count). The van der Waals surface area contributed by atoms with Crippen LogP contribution in [0.15, 0.2) is 12.4 Å². The average molecular weight is 261 g/mol. The summed E-state index contributed by atoms with van der Waals surface area (Å²) in [6.07, 6.45) is 13.8. The molecule has 2 unspecified atom stereocenters. The summed E-state index contributed by atoms with van der Waals surface area (Å²) in [7, 11) is 0. The fourth-order valence-corrected chi connectivity index (χ4v) is 3.49. The summed E-state index contributed by atoms with van der Waals surface area (Å²) in [5, 5.41) is 3.75. The number of nitrogens with zero attached hydrogens (tertiary/aromatic N) is 2. The Balaban J connectivity index is 1.72. The van der Waals surface area contributed by atoms with Crippen LogP contribution in [0.5, 0.6) is 0 Å². The second kappa shape index (κ2) is 6.08. The number of aromatic nitrogens is 2. The van der Waals surface area contributed by atoms with E-state index >= 15 is 0 Å². The Kier molecular flexibility index (Phi) is 4.21. The summed E-state index contributed by atoms with van der Waals surface area (Å²) in [4.78, 5) is 4.68. The summed E-state index contributed by atoms with van der Waals surface area (Å²) >= 11 is 0. The maximum absolute atomic E-state index is 4.68. The van der Waals surface area contributed by atoms with E-state index in [1.54, 1.807) is 0 Å². The van der Waals surface area contributed by atoms with Crippen LogP contribution in [0.2, 0.25) is 0 Å². The number of aryl methyl sites for hydroxylation is 1. The molecule has 1 aromatic rings. The van der Waals surface area contributed by atoms with Crippen molar-refractivity contribution in [3.8, 4) is 0 Å². The van der Waals surface area contributed by atoms with Gasteiger partial charge in [0.1, 0.15) is 5.82 Å². The van der Waals surface area contributed by atoms with E-state index in [4.69, 9.17) is 0 Å². The minimum Gasteiger partial charge on any atom is -0.335 e. The molecule has 0 aromatic carbocycles. The van der Waals surface area contributed by atoms with Gasteiger partial charge in [-0.2, -0.15) is 0 Å². The molecule has 2 aliphatic carbocycles. The van der Waals surface area contributed by atoms with Crippen LogP contribution in [0.3, 0.4) is 0 Å². The number of hydrogen-bond acceptors (Lipinski definition) is 2. The third-order valence-corrected chi connectivity index (χ3v) is 4.83. The summed E-state index contributed by atoms with van der Waals surface area (Å²) in [5.74, 6) is 2.80. The van der Waals surface area contributed by atoms with Crippen molar-refractivity contribution in [1.29, 1.82) is 0 Å². The van der Waals surface area contributed by atoms with Gasteiger partial charge in [0.2, 0.25) is 0 Å². The molecule has 3 nitrogen and oxygen atoms in total. The molecule has 1 N–H and O–H groups in total. The fraction of sp³-hybridized carbons (Fsp3) is 0.812. The minimum atomic E-state index is 0.670. The Bertz CT molecular complexity index is 394. The standard InChI is InChI=1S/C16H27N3/c1-2-19-11-10-17-16(19)15-7-5-3-4-6-13(15)12-18-14-8-9-14/h10-11,13-15,18H,2-9,12H2,1H3. The van der Waals surface area contributed by atoms with Crippen molar-refractivity contribution >= 4 is 0 Å². The van der Waals surface area contributed by atoms with Crippen LogP contribution >= 0.6 is 0 Å². The molecule has 1 aromatic heterocycles. The lowest BCUT2D eigenvalue weighted by Gasteiger charge is -2.25. The molecule has 2 atom stereocenters. The maximum Gasteiger partial charge on any atom is 0.112 e. The first-order chi connectivity index (χ1) is 9.38. The predicted octanol–water partition coefficient (Wildman–Crippen LogP) is 3.32. The molecule has 19 heavy (non-hydrogen) atoms. The highest BCUT2D eigenvalue weighted by Gasteiger charge is 2.30. The molecule has 0 spiro atoms. The van der Waals surface area contributed by atoms with Gasteiger partial charge in [0.25, 0.3) is 0 Å². The summed E-state index contributed by atoms with van der Waals surface area (Å²) < 4.78 is 2.35. The molecule has 2 saturated carbocycles. The second-order valence-electron chi connectivity index (χ2n) is 6.26. The Morgan fingerprint density at radius 1 is 1.21 bits per heavy atom. The van der Waals surface area contributed by atoms with Crippen LogP contribution in [0.4, 0.5) is 0 Å². The molecule has 106 valence electrons. The highest BCUT2D eigenvalue weighted by Crippen LogP contribution is 2.36. The van der Waals surface area contributed by atoms with E-state index in [9.17, 15) is 0 Å². The van der Waals surface area contributed by atoms with Gasteiger partial charge in [-0.3, -0.25) is 0 Å². The van der Waals surface area contributed by atoms with Crippen LogP contribution in [0.25, 0.3) is 0 Å². The van der Waals surface area contributed by atoms with Crippen LogP contribution < -0.4 is 5.32 Å². The lowest BCUT2D eigenvalue weighted by Crippen LogP contribution is -2.29. The molecular weight excluding hydrogens is 234 g/mol. The molecular formula is C16H27N3. The first kappa shape index (κ1) is 13.2. The van der Waals surface area contributed by atoms with Gasteiger partial charge in [-0.05, 0) is 45.1 Å². The number of hydrogen-bond donors (Lipinski definition) is 1. The highest BCUT2D eigenvalue weighted by atomic mass is 15.1. The van der Waals surface area contributed by atoms with E-state index in [1.807, 2.05) is 6.20 Å². The van der Waals surface area contributed by atoms with Gasteiger partial charge >= 0.3 is 0 Å². The lowest BCUT2D eigenvalue weighted by molar-refractivity contribution is 0.355. The van der Waals surface area contributed by atoms with E-state index < -0.39 is 0 Å². The Morgan fingerprint density at radius 3 is 2.84 bits per heavy atom. The van der Waals surface area contributed by atoms with Crippen molar-refractivity contribution in [2.24, 2.45) is 5.92 Å². The van der Waals surface area contributed by atoms with Gasteiger partial charge in [0, 0.05) is 30.9 Å². The average Bonchev–Trinajstić information content (AvgIpc) is 3.18. The molecule has 2 fully saturated rings. The molecule has 3 heteroatoms. The third-order valence-electron chi connectivity index (χ3n) is 4.83. The van der Waals surface area contributed by atoms with Crippen molar-refractivity contribution < 1.29 is 0 Å². The first-order valence-corrected chi connectivity index (χ1v) is 8.13. The van der Waals surface area contributed by atoms with Crippen LogP contribution in [0, 0.1) is 5.92 Å². The number of imidazole rings is 1. The van der Waals surface area contributed by atoms with Crippen molar-refractivity contribution in [2.75, 3.05) is 6.54 Å². The molecule has 1 heterocycles. The molecule has 0 radical (unpaired) electrons. The fourth-order valence-electron chi connectivity index (χ4n) is 3.49. The summed E-state index contributed by atoms with van der Waals surface area (Å²) in [5.41, 5.74) is 0. The molecule has 2 aliphatic rings. The SMILES string of the molecule is CCn1ccnc1C1CCCCCC1CNC1CC1. The smallest absolute Gasteiger partial charge is 0.112 e. The van der Waals surface area contributed by atoms with E-state index in [1.165, 1.54) is 57.3 Å². The van der Waals surface area contributed by atoms with Gasteiger partial charge in [0.05, 0.1) is 0 Å². The zero-order valence-corrected chi connectivity index (χ0v) is 12.1. The lowest BCUT2D eigenvalue weighted by atomic mass is 9.87. The van der Waals surface area contributed by atoms with E-state index in [0.717, 1.165) is 18.5 Å². The van der Waals surface area contributed by atoms with Gasteiger partial charge < -0.3 is 9.88 Å².